The van der Waals surface area contributed by atoms with Gasteiger partial charge in [-0.25, -0.2) is 4.85 Å². The molecule has 0 saturated carbocycles. The normalized spacial score (nSPS) is 17.8. The maximum Gasteiger partial charge on any atom is 0.176 e. The van der Waals surface area contributed by atoms with Gasteiger partial charge < -0.3 is 0 Å². The molecule has 0 aliphatic heterocycles. The number of rotatable bonds is 11. The first-order valence-corrected chi connectivity index (χ1v) is 47.5. The Morgan fingerprint density at radius 1 is 0.508 bits per heavy atom. The van der Waals surface area contributed by atoms with Crippen molar-refractivity contribution in [3.8, 4) is 0 Å². The zero-order valence-electron chi connectivity index (χ0n) is 47.1. The van der Waals surface area contributed by atoms with Gasteiger partial charge in [0.25, 0.3) is 0 Å². The van der Waals surface area contributed by atoms with E-state index in [0.29, 0.717) is 15.5 Å². The van der Waals surface area contributed by atoms with Crippen LogP contribution in [0.3, 0.4) is 0 Å². The van der Waals surface area contributed by atoms with E-state index in [2.05, 4.69) is 231 Å². The predicted molar refractivity (Wildman–Crippen MR) is 309 cm³/mol. The lowest BCUT2D eigenvalue weighted by atomic mass is 9.64. The average molecular weight is 971 g/mol. The Morgan fingerprint density at radius 3 is 1.13 bits per heavy atom. The van der Waals surface area contributed by atoms with Crippen LogP contribution in [0.25, 0.3) is 4.85 Å². The third-order valence-corrected chi connectivity index (χ3v) is 45.2. The van der Waals surface area contributed by atoms with Crippen molar-refractivity contribution in [2.24, 2.45) is 22.2 Å². The lowest BCUT2D eigenvalue weighted by Gasteiger charge is -2.48. The first kappa shape index (κ1) is 56.1. The molecule has 1 aliphatic rings. The molecule has 0 saturated heterocycles. The summed E-state index contributed by atoms with van der Waals surface area (Å²) in [7, 11) is -12.5. The largest absolute Gasteiger partial charge is 0.242 e. The smallest absolute Gasteiger partial charge is 0.176 e. The van der Waals surface area contributed by atoms with Crippen molar-refractivity contribution in [2.75, 3.05) is 0 Å². The van der Waals surface area contributed by atoms with E-state index >= 15 is 0 Å². The monoisotopic (exact) mass is 970 g/mol. The van der Waals surface area contributed by atoms with Crippen LogP contribution in [0.2, 0.25) is 118 Å². The van der Waals surface area contributed by atoms with Gasteiger partial charge in [-0.2, -0.15) is 0 Å². The highest BCUT2D eigenvalue weighted by molar-refractivity contribution is 7.00. The van der Waals surface area contributed by atoms with Crippen molar-refractivity contribution in [1.82, 2.24) is 0 Å². The highest BCUT2D eigenvalue weighted by atomic mass is 28.4. The summed E-state index contributed by atoms with van der Waals surface area (Å²) in [6.07, 6.45) is 2.58. The quantitative estimate of drug-likeness (QED) is 0.156. The van der Waals surface area contributed by atoms with Crippen LogP contribution in [0.15, 0.2) is 47.2 Å². The Kier molecular flexibility index (Phi) is 16.1. The first-order chi connectivity index (χ1) is 27.7. The molecule has 0 amide bonds. The molecule has 2 aromatic carbocycles. The van der Waals surface area contributed by atoms with E-state index in [0.717, 1.165) is 5.70 Å². The third-order valence-electron chi connectivity index (χ3n) is 13.8. The molecule has 63 heavy (non-hydrogen) atoms. The number of allylic oxidation sites excluding steroid dienone is 4. The summed E-state index contributed by atoms with van der Waals surface area (Å²) in [5.74, 6) is 0.00367. The average Bonchev–Trinajstić information content (AvgIpc) is 2.96. The SMILES string of the molecule is [C-]#[N+]C1=C(C(C)(C)C)C=C(C(C)(C)C)C(=[Si](c2c(C)cc(C)cc2C)c2c(C([Si](C)(C)C)[Si](C)(C)C)cc(C([Si](C)(C)C)[Si](C)(C)C)cc2C([Si](C)(C)C)[Si](C)(C)C)C1C(C)(C)C. The molecule has 0 aromatic heterocycles. The highest BCUT2D eigenvalue weighted by Crippen LogP contribution is 2.50. The summed E-state index contributed by atoms with van der Waals surface area (Å²) >= 11 is 0. The summed E-state index contributed by atoms with van der Waals surface area (Å²) in [5, 5.41) is 6.81. The van der Waals surface area contributed by atoms with E-state index in [1.165, 1.54) is 27.8 Å². The molecule has 8 heteroatoms. The molecule has 0 fully saturated rings. The van der Waals surface area contributed by atoms with Gasteiger partial charge in [-0.3, -0.25) is 0 Å². The predicted octanol–water partition coefficient (Wildman–Crippen LogP) is 16.4. The maximum absolute atomic E-state index is 9.20. The number of nitrogens with zero attached hydrogens (tertiary/aromatic N) is 1. The zero-order chi connectivity index (χ0) is 49.6. The van der Waals surface area contributed by atoms with Crippen LogP contribution in [0.4, 0.5) is 0 Å². The molecule has 0 bridgehead atoms. The second-order valence-electron chi connectivity index (χ2n) is 29.9. The van der Waals surface area contributed by atoms with Crippen molar-refractivity contribution in [3.63, 3.8) is 0 Å². The van der Waals surface area contributed by atoms with Gasteiger partial charge in [0, 0.05) is 54.4 Å². The van der Waals surface area contributed by atoms with Gasteiger partial charge in [0.1, 0.15) is 0 Å². The van der Waals surface area contributed by atoms with Gasteiger partial charge in [0.2, 0.25) is 0 Å². The fourth-order valence-corrected chi connectivity index (χ4v) is 56.6. The van der Waals surface area contributed by atoms with E-state index in [9.17, 15) is 6.57 Å². The Hall–Kier alpha value is -1.20. The van der Waals surface area contributed by atoms with Crippen LogP contribution in [0.1, 0.15) is 111 Å². The number of aryl methyl sites for hydroxylation is 3. The summed E-state index contributed by atoms with van der Waals surface area (Å²) in [4.78, 5) is 4.72. The summed E-state index contributed by atoms with van der Waals surface area (Å²) in [6.45, 7) is 86.9. The molecule has 0 radical (unpaired) electrons. The van der Waals surface area contributed by atoms with E-state index < -0.39 is 56.9 Å². The summed E-state index contributed by atoms with van der Waals surface area (Å²) in [6, 6.07) is 10.9. The zero-order valence-corrected chi connectivity index (χ0v) is 54.1. The van der Waals surface area contributed by atoms with Gasteiger partial charge in [0.15, 0.2) is 5.70 Å². The molecule has 1 unspecified atom stereocenters. The molecule has 1 nitrogen and oxygen atoms in total. The standard InChI is InChI=1S/C55H99NSi7/c1-37-32-38(2)47(39(3)33-37)57(49-44(54(7,8)9)36-43(53(4,5)6)46(56-13)45(49)55(10,11)12)48-41(51(60(20,21)22)61(23,24)25)34-40(50(58(14,15)16)59(17,18)19)35-42(48)52(62(26,27)28)63(29,30)31/h32-36,45,50-52H,1-12,14-31H3. The lowest BCUT2D eigenvalue weighted by Crippen LogP contribution is -2.58. The van der Waals surface area contributed by atoms with Crippen LogP contribution in [-0.4, -0.2) is 62.0 Å². The van der Waals surface area contributed by atoms with Crippen molar-refractivity contribution in [3.05, 3.63) is 92.0 Å². The number of hydrogen-bond donors (Lipinski definition) is 0. The molecular weight excluding hydrogens is 871 g/mol. The minimum atomic E-state index is -1.85. The van der Waals surface area contributed by atoms with Gasteiger partial charge in [0.05, 0.1) is 15.0 Å². The summed E-state index contributed by atoms with van der Waals surface area (Å²) in [5.41, 5.74) is 12.8. The van der Waals surface area contributed by atoms with E-state index in [4.69, 9.17) is 4.85 Å². The van der Waals surface area contributed by atoms with Gasteiger partial charge in [-0.05, 0) is 102 Å². The Morgan fingerprint density at radius 2 is 0.857 bits per heavy atom. The minimum absolute atomic E-state index is 0.00367. The fraction of sp³-hybridized carbons (Fsp3) is 0.673. The third kappa shape index (κ3) is 12.3. The molecule has 1 aliphatic carbocycles. The lowest BCUT2D eigenvalue weighted by molar-refractivity contribution is 0.342. The molecular formula is C55H99NSi7. The minimum Gasteiger partial charge on any atom is -0.242 e. The van der Waals surface area contributed by atoms with Gasteiger partial charge in [-0.1, -0.05) is 221 Å². The molecule has 1 atom stereocenters. The van der Waals surface area contributed by atoms with E-state index in [1.54, 1.807) is 32.2 Å². The van der Waals surface area contributed by atoms with Crippen LogP contribution < -0.4 is 10.4 Å². The highest BCUT2D eigenvalue weighted by Gasteiger charge is 2.50. The Bertz CT molecular complexity index is 2060. The van der Waals surface area contributed by atoms with Gasteiger partial charge in [-0.15, -0.1) is 0 Å². The maximum atomic E-state index is 9.20. The second kappa shape index (κ2) is 18.0. The van der Waals surface area contributed by atoms with Crippen LogP contribution >= 0.6 is 0 Å². The Balaban J connectivity index is 3.30. The van der Waals surface area contributed by atoms with Gasteiger partial charge >= 0.3 is 0 Å². The van der Waals surface area contributed by atoms with Crippen LogP contribution in [0.5, 0.6) is 0 Å². The first-order valence-electron chi connectivity index (χ1n) is 24.5. The van der Waals surface area contributed by atoms with E-state index in [-0.39, 0.29) is 22.2 Å². The summed E-state index contributed by atoms with van der Waals surface area (Å²) < 4.78 is 0. The van der Waals surface area contributed by atoms with Crippen molar-refractivity contribution < 1.29 is 0 Å². The molecule has 0 N–H and O–H groups in total. The Labute approximate surface area is 400 Å². The number of hydrogen-bond acceptors (Lipinski definition) is 0. The topological polar surface area (TPSA) is 4.36 Å². The molecule has 352 valence electrons. The molecule has 0 heterocycles. The number of benzene rings is 2. The van der Waals surface area contributed by atoms with Crippen molar-refractivity contribution in [1.29, 1.82) is 0 Å². The van der Waals surface area contributed by atoms with Crippen molar-refractivity contribution >= 4 is 72.4 Å². The van der Waals surface area contributed by atoms with Crippen LogP contribution in [0, 0.1) is 49.5 Å². The molecule has 2 aromatic rings. The second-order valence-corrected chi connectivity index (χ2v) is 65.8. The van der Waals surface area contributed by atoms with Crippen LogP contribution in [-0.2, 0) is 0 Å². The fourth-order valence-electron chi connectivity index (χ4n) is 13.6. The van der Waals surface area contributed by atoms with Crippen molar-refractivity contribution in [2.45, 2.75) is 216 Å². The van der Waals surface area contributed by atoms with E-state index in [1.807, 2.05) is 0 Å². The molecule has 3 rings (SSSR count). The molecule has 0 spiro atoms.